The summed E-state index contributed by atoms with van der Waals surface area (Å²) in [5.41, 5.74) is 0.129. The van der Waals surface area contributed by atoms with Gasteiger partial charge < -0.3 is 10.5 Å². The number of halogens is 3. The third kappa shape index (κ3) is 1.81. The highest BCUT2D eigenvalue weighted by molar-refractivity contribution is 5.91. The largest absolute Gasteiger partial charge is 0.477 e. The van der Waals surface area contributed by atoms with E-state index in [2.05, 4.69) is 5.43 Å². The SMILES string of the molecule is CNn1c(C(=O)O)cc(=O)c2cc(F)c(F)c(F)c21. The van der Waals surface area contributed by atoms with E-state index in [0.717, 1.165) is 0 Å². The molecule has 2 aromatic rings. The number of nitrogens with zero attached hydrogens (tertiary/aromatic N) is 1. The molecular weight excluding hydrogens is 265 g/mol. The van der Waals surface area contributed by atoms with Gasteiger partial charge in [0.1, 0.15) is 5.52 Å². The van der Waals surface area contributed by atoms with Crippen LogP contribution in [0.3, 0.4) is 0 Å². The van der Waals surface area contributed by atoms with Crippen molar-refractivity contribution in [2.45, 2.75) is 0 Å². The smallest absolute Gasteiger partial charge is 0.354 e. The Bertz CT molecular complexity index is 755. The van der Waals surface area contributed by atoms with Crippen LogP contribution in [0.5, 0.6) is 0 Å². The molecule has 100 valence electrons. The van der Waals surface area contributed by atoms with Gasteiger partial charge in [-0.15, -0.1) is 0 Å². The van der Waals surface area contributed by atoms with Crippen molar-refractivity contribution in [1.82, 2.24) is 4.68 Å². The van der Waals surface area contributed by atoms with Crippen LogP contribution < -0.4 is 10.9 Å². The van der Waals surface area contributed by atoms with E-state index in [-0.39, 0.29) is 0 Å². The number of aromatic carboxylic acids is 1. The standard InChI is InChI=1S/C11H7F3N2O3/c1-15-16-6(11(18)19)3-7(17)4-2-5(12)8(13)9(14)10(4)16/h2-3,15H,1H3,(H,18,19). The molecule has 1 aromatic carbocycles. The number of pyridine rings is 1. The van der Waals surface area contributed by atoms with E-state index in [1.165, 1.54) is 7.05 Å². The first-order valence-electron chi connectivity index (χ1n) is 5.02. The molecule has 2 N–H and O–H groups in total. The van der Waals surface area contributed by atoms with Crippen molar-refractivity contribution in [1.29, 1.82) is 0 Å². The molecule has 0 radical (unpaired) electrons. The molecule has 2 rings (SSSR count). The van der Waals surface area contributed by atoms with E-state index in [0.29, 0.717) is 16.8 Å². The number of carboxylic acids is 1. The van der Waals surface area contributed by atoms with E-state index < -0.39 is 45.4 Å². The summed E-state index contributed by atoms with van der Waals surface area (Å²) in [6.07, 6.45) is 0. The van der Waals surface area contributed by atoms with E-state index >= 15 is 0 Å². The molecule has 5 nitrogen and oxygen atoms in total. The van der Waals surface area contributed by atoms with Crippen LogP contribution in [0.15, 0.2) is 16.9 Å². The first-order chi connectivity index (χ1) is 8.88. The molecule has 0 unspecified atom stereocenters. The summed E-state index contributed by atoms with van der Waals surface area (Å²) in [6.45, 7) is 0. The second-order valence-electron chi connectivity index (χ2n) is 3.64. The second-order valence-corrected chi connectivity index (χ2v) is 3.64. The van der Waals surface area contributed by atoms with Crippen LogP contribution in [-0.2, 0) is 0 Å². The minimum atomic E-state index is -1.78. The second kappa shape index (κ2) is 4.30. The van der Waals surface area contributed by atoms with Gasteiger partial charge in [-0.1, -0.05) is 0 Å². The van der Waals surface area contributed by atoms with Gasteiger partial charge in [0.15, 0.2) is 28.6 Å². The molecule has 0 saturated heterocycles. The minimum Gasteiger partial charge on any atom is -0.477 e. The van der Waals surface area contributed by atoms with Gasteiger partial charge in [-0.25, -0.2) is 22.6 Å². The van der Waals surface area contributed by atoms with Gasteiger partial charge in [0, 0.05) is 13.1 Å². The molecule has 0 bridgehead atoms. The maximum atomic E-state index is 13.7. The lowest BCUT2D eigenvalue weighted by Crippen LogP contribution is -2.24. The first-order valence-corrected chi connectivity index (χ1v) is 5.02. The van der Waals surface area contributed by atoms with Crippen molar-refractivity contribution >= 4 is 16.9 Å². The molecule has 0 aliphatic rings. The van der Waals surface area contributed by atoms with Crippen molar-refractivity contribution in [3.05, 3.63) is 45.5 Å². The maximum absolute atomic E-state index is 13.7. The van der Waals surface area contributed by atoms with Crippen LogP contribution in [-0.4, -0.2) is 22.8 Å². The van der Waals surface area contributed by atoms with Crippen LogP contribution in [0.25, 0.3) is 10.9 Å². The number of carboxylic acid groups (broad SMARTS) is 1. The average molecular weight is 272 g/mol. The lowest BCUT2D eigenvalue weighted by molar-refractivity contribution is 0.0686. The number of fused-ring (bicyclic) bond motifs is 1. The Morgan fingerprint density at radius 1 is 1.26 bits per heavy atom. The Morgan fingerprint density at radius 3 is 2.42 bits per heavy atom. The lowest BCUT2D eigenvalue weighted by Gasteiger charge is -2.14. The normalized spacial score (nSPS) is 10.7. The van der Waals surface area contributed by atoms with Gasteiger partial charge in [0.05, 0.1) is 5.39 Å². The number of benzene rings is 1. The molecule has 1 heterocycles. The number of aromatic nitrogens is 1. The number of hydrogen-bond donors (Lipinski definition) is 2. The Labute approximate surface area is 103 Å². The number of rotatable bonds is 2. The van der Waals surface area contributed by atoms with Gasteiger partial charge >= 0.3 is 5.97 Å². The summed E-state index contributed by atoms with van der Waals surface area (Å²) in [6, 6.07) is 1.22. The van der Waals surface area contributed by atoms with Gasteiger partial charge in [-0.05, 0) is 6.07 Å². The Hall–Kier alpha value is -2.51. The van der Waals surface area contributed by atoms with Crippen LogP contribution in [0, 0.1) is 17.5 Å². The Kier molecular flexibility index (Phi) is 2.93. The number of carbonyl (C=O) groups is 1. The van der Waals surface area contributed by atoms with Gasteiger partial charge in [0.25, 0.3) is 0 Å². The van der Waals surface area contributed by atoms with Crippen LogP contribution in [0.1, 0.15) is 10.5 Å². The quantitative estimate of drug-likeness (QED) is 0.808. The van der Waals surface area contributed by atoms with E-state index in [1.807, 2.05) is 0 Å². The van der Waals surface area contributed by atoms with Crippen LogP contribution in [0.4, 0.5) is 13.2 Å². The minimum absolute atomic E-state index is 0.462. The topological polar surface area (TPSA) is 71.3 Å². The van der Waals surface area contributed by atoms with Gasteiger partial charge in [-0.2, -0.15) is 0 Å². The summed E-state index contributed by atoms with van der Waals surface area (Å²) in [4.78, 5) is 22.6. The molecule has 0 aliphatic heterocycles. The fraction of sp³-hybridized carbons (Fsp3) is 0.0909. The molecule has 0 saturated carbocycles. The highest BCUT2D eigenvalue weighted by atomic mass is 19.2. The predicted octanol–water partition coefficient (Wildman–Crippen LogP) is 1.29. The molecular formula is C11H7F3N2O3. The van der Waals surface area contributed by atoms with E-state index in [4.69, 9.17) is 5.11 Å². The molecule has 0 spiro atoms. The predicted molar refractivity (Wildman–Crippen MR) is 60.3 cm³/mol. The van der Waals surface area contributed by atoms with E-state index in [9.17, 15) is 22.8 Å². The fourth-order valence-electron chi connectivity index (χ4n) is 1.77. The summed E-state index contributed by atoms with van der Waals surface area (Å²) in [7, 11) is 1.25. The third-order valence-corrected chi connectivity index (χ3v) is 2.58. The summed E-state index contributed by atoms with van der Waals surface area (Å²) in [5.74, 6) is -6.45. The summed E-state index contributed by atoms with van der Waals surface area (Å²) >= 11 is 0. The molecule has 1 aromatic heterocycles. The maximum Gasteiger partial charge on any atom is 0.354 e. The van der Waals surface area contributed by atoms with Crippen LogP contribution >= 0.6 is 0 Å². The van der Waals surface area contributed by atoms with Gasteiger partial charge in [0.2, 0.25) is 0 Å². The highest BCUT2D eigenvalue weighted by Gasteiger charge is 2.21. The molecule has 19 heavy (non-hydrogen) atoms. The van der Waals surface area contributed by atoms with Crippen molar-refractivity contribution in [3.8, 4) is 0 Å². The highest BCUT2D eigenvalue weighted by Crippen LogP contribution is 2.21. The summed E-state index contributed by atoms with van der Waals surface area (Å²) < 4.78 is 40.7. The fourth-order valence-corrected chi connectivity index (χ4v) is 1.77. The first kappa shape index (κ1) is 12.9. The van der Waals surface area contributed by atoms with Crippen molar-refractivity contribution < 1.29 is 23.1 Å². The van der Waals surface area contributed by atoms with Crippen molar-refractivity contribution in [2.75, 3.05) is 12.5 Å². The zero-order chi connectivity index (χ0) is 14.3. The average Bonchev–Trinajstić information content (AvgIpc) is 2.36. The molecule has 0 atom stereocenters. The van der Waals surface area contributed by atoms with Crippen LogP contribution in [0.2, 0.25) is 0 Å². The monoisotopic (exact) mass is 272 g/mol. The number of nitrogens with one attached hydrogen (secondary N) is 1. The van der Waals surface area contributed by atoms with E-state index in [1.54, 1.807) is 0 Å². The lowest BCUT2D eigenvalue weighted by atomic mass is 10.1. The van der Waals surface area contributed by atoms with Gasteiger partial charge in [-0.3, -0.25) is 4.79 Å². The molecule has 0 fully saturated rings. The van der Waals surface area contributed by atoms with Crippen molar-refractivity contribution in [2.24, 2.45) is 0 Å². The third-order valence-electron chi connectivity index (χ3n) is 2.58. The molecule has 0 aliphatic carbocycles. The Balaban J connectivity index is 3.11. The number of hydrogen-bond acceptors (Lipinski definition) is 3. The summed E-state index contributed by atoms with van der Waals surface area (Å²) in [5, 5.41) is 8.44. The molecule has 0 amide bonds. The zero-order valence-electron chi connectivity index (χ0n) is 9.50. The molecule has 8 heteroatoms. The zero-order valence-corrected chi connectivity index (χ0v) is 9.50. The van der Waals surface area contributed by atoms with Crippen molar-refractivity contribution in [3.63, 3.8) is 0 Å². The Morgan fingerprint density at radius 2 is 1.89 bits per heavy atom.